The minimum atomic E-state index is -0.549. The van der Waals surface area contributed by atoms with Crippen molar-refractivity contribution < 1.29 is 14.5 Å². The van der Waals surface area contributed by atoms with Crippen LogP contribution in [0.1, 0.15) is 27.2 Å². The normalized spacial score (nSPS) is 12.3. The van der Waals surface area contributed by atoms with Crippen LogP contribution in [0.2, 0.25) is 0 Å². The predicted molar refractivity (Wildman–Crippen MR) is 117 cm³/mol. The third kappa shape index (κ3) is 4.75. The number of thioether (sulfide) groups is 1. The summed E-state index contributed by atoms with van der Waals surface area (Å²) < 4.78 is 1.49. The van der Waals surface area contributed by atoms with Gasteiger partial charge in [-0.2, -0.15) is 16.9 Å². The number of nitro groups is 1. The van der Waals surface area contributed by atoms with Crippen LogP contribution in [0, 0.1) is 10.1 Å². The SMILES string of the molecule is O=C(Cn1nc2c(c1NC(=O)c1cccc([N+](=O)[O-])c1)CSC2)NCc1ccccc1. The van der Waals surface area contributed by atoms with E-state index in [0.717, 1.165) is 16.8 Å². The molecule has 2 N–H and O–H groups in total. The van der Waals surface area contributed by atoms with Gasteiger partial charge in [0.15, 0.2) is 0 Å². The van der Waals surface area contributed by atoms with E-state index in [0.29, 0.717) is 23.9 Å². The lowest BCUT2D eigenvalue weighted by molar-refractivity contribution is -0.384. The van der Waals surface area contributed by atoms with Crippen molar-refractivity contribution in [2.75, 3.05) is 5.32 Å². The summed E-state index contributed by atoms with van der Waals surface area (Å²) in [5, 5.41) is 21.1. The molecule has 1 aromatic heterocycles. The van der Waals surface area contributed by atoms with Crippen molar-refractivity contribution >= 4 is 35.1 Å². The molecule has 0 radical (unpaired) electrons. The molecule has 0 unspecified atom stereocenters. The van der Waals surface area contributed by atoms with Gasteiger partial charge in [0, 0.05) is 41.3 Å². The monoisotopic (exact) mass is 437 g/mol. The van der Waals surface area contributed by atoms with Gasteiger partial charge in [-0.15, -0.1) is 0 Å². The number of rotatable bonds is 7. The Balaban J connectivity index is 1.50. The molecule has 1 aliphatic heterocycles. The minimum Gasteiger partial charge on any atom is -0.350 e. The number of carbonyl (C=O) groups is 2. The number of aromatic nitrogens is 2. The molecule has 1 aliphatic rings. The molecule has 4 rings (SSSR count). The third-order valence-corrected chi connectivity index (χ3v) is 5.77. The molecule has 158 valence electrons. The van der Waals surface area contributed by atoms with Crippen molar-refractivity contribution in [3.8, 4) is 0 Å². The van der Waals surface area contributed by atoms with Crippen LogP contribution in [-0.2, 0) is 29.4 Å². The van der Waals surface area contributed by atoms with Gasteiger partial charge < -0.3 is 10.6 Å². The summed E-state index contributed by atoms with van der Waals surface area (Å²) in [7, 11) is 0. The number of carbonyl (C=O) groups excluding carboxylic acids is 2. The number of nitrogens with one attached hydrogen (secondary N) is 2. The third-order valence-electron chi connectivity index (χ3n) is 4.80. The predicted octanol–water partition coefficient (Wildman–Crippen LogP) is 3.11. The highest BCUT2D eigenvalue weighted by molar-refractivity contribution is 7.98. The first-order valence-electron chi connectivity index (χ1n) is 9.54. The van der Waals surface area contributed by atoms with Gasteiger partial charge in [-0.05, 0) is 11.6 Å². The fourth-order valence-corrected chi connectivity index (χ4v) is 4.28. The van der Waals surface area contributed by atoms with Gasteiger partial charge in [-0.1, -0.05) is 36.4 Å². The fraction of sp³-hybridized carbons (Fsp3) is 0.190. The lowest BCUT2D eigenvalue weighted by Crippen LogP contribution is -2.28. The van der Waals surface area contributed by atoms with Crippen LogP contribution in [0.4, 0.5) is 11.5 Å². The number of anilines is 1. The second-order valence-electron chi connectivity index (χ2n) is 6.95. The van der Waals surface area contributed by atoms with E-state index < -0.39 is 10.8 Å². The number of nitro benzene ring substituents is 1. The standard InChI is InChI=1S/C21H19N5O4S/c27-19(22-10-14-5-2-1-3-6-14)11-25-20(17-12-31-13-18(17)24-25)23-21(28)15-7-4-8-16(9-15)26(29)30/h1-9H,10-13H2,(H,22,27)(H,23,28). The van der Waals surface area contributed by atoms with Crippen LogP contribution in [0.25, 0.3) is 0 Å². The first-order chi connectivity index (χ1) is 15.0. The number of fused-ring (bicyclic) bond motifs is 1. The summed E-state index contributed by atoms with van der Waals surface area (Å²) in [5.41, 5.74) is 2.68. The van der Waals surface area contributed by atoms with E-state index in [1.165, 1.54) is 28.9 Å². The molecule has 3 aromatic rings. The van der Waals surface area contributed by atoms with Gasteiger partial charge in [0.05, 0.1) is 10.6 Å². The van der Waals surface area contributed by atoms with Crippen LogP contribution in [0.5, 0.6) is 0 Å². The van der Waals surface area contributed by atoms with Gasteiger partial charge in [-0.3, -0.25) is 19.7 Å². The van der Waals surface area contributed by atoms with Gasteiger partial charge >= 0.3 is 0 Å². The Morgan fingerprint density at radius 1 is 1.13 bits per heavy atom. The lowest BCUT2D eigenvalue weighted by Gasteiger charge is -2.11. The Morgan fingerprint density at radius 3 is 2.71 bits per heavy atom. The number of hydrogen-bond acceptors (Lipinski definition) is 6. The van der Waals surface area contributed by atoms with Crippen molar-refractivity contribution in [1.29, 1.82) is 0 Å². The molecule has 31 heavy (non-hydrogen) atoms. The van der Waals surface area contributed by atoms with Crippen molar-refractivity contribution in [2.24, 2.45) is 0 Å². The first-order valence-corrected chi connectivity index (χ1v) is 10.7. The maximum absolute atomic E-state index is 12.8. The fourth-order valence-electron chi connectivity index (χ4n) is 3.25. The smallest absolute Gasteiger partial charge is 0.270 e. The molecule has 2 amide bonds. The quantitative estimate of drug-likeness (QED) is 0.433. The Morgan fingerprint density at radius 2 is 1.94 bits per heavy atom. The molecule has 9 nitrogen and oxygen atoms in total. The van der Waals surface area contributed by atoms with Crippen LogP contribution >= 0.6 is 11.8 Å². The average molecular weight is 437 g/mol. The Labute approximate surface area is 182 Å². The zero-order valence-electron chi connectivity index (χ0n) is 16.4. The van der Waals surface area contributed by atoms with Crippen LogP contribution in [0.3, 0.4) is 0 Å². The second kappa shape index (κ2) is 9.00. The Hall–Kier alpha value is -3.66. The number of hydrogen-bond donors (Lipinski definition) is 2. The van der Waals surface area contributed by atoms with E-state index in [9.17, 15) is 19.7 Å². The molecule has 2 heterocycles. The van der Waals surface area contributed by atoms with Crippen LogP contribution in [-0.4, -0.2) is 26.5 Å². The summed E-state index contributed by atoms with van der Waals surface area (Å²) in [4.78, 5) is 35.7. The molecule has 0 saturated carbocycles. The highest BCUT2D eigenvalue weighted by Gasteiger charge is 2.25. The number of nitrogens with zero attached hydrogens (tertiary/aromatic N) is 3. The summed E-state index contributed by atoms with van der Waals surface area (Å²) in [6.07, 6.45) is 0. The Bertz CT molecular complexity index is 1150. The average Bonchev–Trinajstić information content (AvgIpc) is 3.35. The molecule has 0 bridgehead atoms. The van der Waals surface area contributed by atoms with E-state index in [4.69, 9.17) is 0 Å². The van der Waals surface area contributed by atoms with Gasteiger partial charge in [-0.25, -0.2) is 4.68 Å². The van der Waals surface area contributed by atoms with Crippen molar-refractivity contribution in [1.82, 2.24) is 15.1 Å². The molecule has 0 fully saturated rings. The Kier molecular flexibility index (Phi) is 5.99. The second-order valence-corrected chi connectivity index (χ2v) is 7.93. The molecule has 10 heteroatoms. The minimum absolute atomic E-state index is 0.0466. The number of amides is 2. The first kappa shape index (κ1) is 20.6. The molecule has 0 atom stereocenters. The molecule has 0 saturated heterocycles. The van der Waals surface area contributed by atoms with Crippen LogP contribution in [0.15, 0.2) is 54.6 Å². The molecule has 0 spiro atoms. The molecular weight excluding hydrogens is 418 g/mol. The zero-order chi connectivity index (χ0) is 21.8. The summed E-state index contributed by atoms with van der Waals surface area (Å²) >= 11 is 1.67. The largest absolute Gasteiger partial charge is 0.350 e. The lowest BCUT2D eigenvalue weighted by atomic mass is 10.2. The van der Waals surface area contributed by atoms with Gasteiger partial charge in [0.2, 0.25) is 5.91 Å². The number of non-ortho nitro benzene ring substituents is 1. The summed E-state index contributed by atoms with van der Waals surface area (Å²) in [6, 6.07) is 15.1. The van der Waals surface area contributed by atoms with E-state index in [2.05, 4.69) is 15.7 Å². The summed E-state index contributed by atoms with van der Waals surface area (Å²) in [6.45, 7) is 0.348. The van der Waals surface area contributed by atoms with E-state index in [1.54, 1.807) is 11.8 Å². The maximum Gasteiger partial charge on any atom is 0.270 e. The van der Waals surface area contributed by atoms with Crippen molar-refractivity contribution in [2.45, 2.75) is 24.6 Å². The molecule has 0 aliphatic carbocycles. The topological polar surface area (TPSA) is 119 Å². The van der Waals surface area contributed by atoms with Crippen LogP contribution < -0.4 is 10.6 Å². The van der Waals surface area contributed by atoms with E-state index >= 15 is 0 Å². The van der Waals surface area contributed by atoms with Crippen molar-refractivity contribution in [3.63, 3.8) is 0 Å². The van der Waals surface area contributed by atoms with E-state index in [-0.39, 0.29) is 23.7 Å². The highest BCUT2D eigenvalue weighted by Crippen LogP contribution is 2.35. The summed E-state index contributed by atoms with van der Waals surface area (Å²) in [5.74, 6) is 1.10. The number of benzene rings is 2. The zero-order valence-corrected chi connectivity index (χ0v) is 17.2. The maximum atomic E-state index is 12.8. The van der Waals surface area contributed by atoms with Gasteiger partial charge in [0.25, 0.3) is 11.6 Å². The molecular formula is C21H19N5O4S. The van der Waals surface area contributed by atoms with Crippen molar-refractivity contribution in [3.05, 3.63) is 87.1 Å². The highest BCUT2D eigenvalue weighted by atomic mass is 32.2. The van der Waals surface area contributed by atoms with Gasteiger partial charge in [0.1, 0.15) is 12.4 Å². The molecule has 2 aromatic carbocycles. The van der Waals surface area contributed by atoms with E-state index in [1.807, 2.05) is 30.3 Å².